The minimum absolute atomic E-state index is 0. The van der Waals surface area contributed by atoms with Crippen LogP contribution < -0.4 is 5.73 Å². The molecule has 3 nitrogen and oxygen atoms in total. The van der Waals surface area contributed by atoms with Crippen molar-refractivity contribution in [2.24, 2.45) is 5.73 Å². The third-order valence-corrected chi connectivity index (χ3v) is 2.81. The average Bonchev–Trinajstić information content (AvgIpc) is 2.32. The summed E-state index contributed by atoms with van der Waals surface area (Å²) in [7, 11) is 0. The molecule has 1 heterocycles. The lowest BCUT2D eigenvalue weighted by atomic mass is 10.2. The van der Waals surface area contributed by atoms with E-state index in [0.29, 0.717) is 6.54 Å². The van der Waals surface area contributed by atoms with Crippen molar-refractivity contribution in [3.05, 3.63) is 35.6 Å². The molecule has 1 aliphatic rings. The van der Waals surface area contributed by atoms with Gasteiger partial charge in [0.25, 0.3) is 0 Å². The van der Waals surface area contributed by atoms with Gasteiger partial charge in [0.15, 0.2) is 0 Å². The number of benzene rings is 1. The van der Waals surface area contributed by atoms with Gasteiger partial charge in [-0.15, -0.1) is 12.4 Å². The number of nitrogens with two attached hydrogens (primary N) is 1. The van der Waals surface area contributed by atoms with Crippen LogP contribution >= 0.6 is 12.4 Å². The van der Waals surface area contributed by atoms with Crippen molar-refractivity contribution >= 4 is 12.4 Å². The Kier molecular flexibility index (Phi) is 5.85. The van der Waals surface area contributed by atoms with Gasteiger partial charge in [-0.05, 0) is 17.7 Å². The fraction of sp³-hybridized carbons (Fsp3) is 0.500. The maximum atomic E-state index is 12.7. The minimum atomic E-state index is -0.189. The Bertz CT molecular complexity index is 334. The van der Waals surface area contributed by atoms with Crippen molar-refractivity contribution in [2.75, 3.05) is 26.2 Å². The van der Waals surface area contributed by atoms with Crippen LogP contribution in [0.15, 0.2) is 24.3 Å². The van der Waals surface area contributed by atoms with Gasteiger partial charge in [-0.25, -0.2) is 4.39 Å². The molecule has 0 aliphatic carbocycles. The Morgan fingerprint density at radius 3 is 2.71 bits per heavy atom. The molecule has 17 heavy (non-hydrogen) atoms. The second kappa shape index (κ2) is 6.91. The first kappa shape index (κ1) is 14.4. The molecular weight excluding hydrogens is 243 g/mol. The lowest BCUT2D eigenvalue weighted by Crippen LogP contribution is -2.45. The van der Waals surface area contributed by atoms with Crippen LogP contribution in [-0.4, -0.2) is 37.2 Å². The summed E-state index contributed by atoms with van der Waals surface area (Å²) in [6.07, 6.45) is 0.134. The zero-order valence-corrected chi connectivity index (χ0v) is 10.5. The second-order valence-corrected chi connectivity index (χ2v) is 4.09. The molecule has 1 aliphatic heterocycles. The molecular formula is C12H18ClFN2O. The summed E-state index contributed by atoms with van der Waals surface area (Å²) < 4.78 is 18.2. The van der Waals surface area contributed by atoms with Crippen molar-refractivity contribution < 1.29 is 9.13 Å². The third kappa shape index (κ3) is 4.24. The van der Waals surface area contributed by atoms with E-state index in [1.807, 2.05) is 12.1 Å². The fourth-order valence-corrected chi connectivity index (χ4v) is 1.91. The van der Waals surface area contributed by atoms with Gasteiger partial charge in [0, 0.05) is 26.2 Å². The van der Waals surface area contributed by atoms with Crippen LogP contribution in [0.25, 0.3) is 0 Å². The summed E-state index contributed by atoms with van der Waals surface area (Å²) >= 11 is 0. The Morgan fingerprint density at radius 1 is 1.35 bits per heavy atom. The van der Waals surface area contributed by atoms with Crippen LogP contribution in [0.3, 0.4) is 0 Å². The molecule has 1 saturated heterocycles. The number of hydrogen-bond acceptors (Lipinski definition) is 3. The molecule has 2 N–H and O–H groups in total. The smallest absolute Gasteiger partial charge is 0.123 e. The molecule has 2 rings (SSSR count). The standard InChI is InChI=1S/C12H17FN2O.ClH/c13-11-3-1-10(2-4-11)8-15-5-6-16-12(7-14)9-15;/h1-4,12H,5-9,14H2;1H. The van der Waals surface area contributed by atoms with E-state index in [9.17, 15) is 4.39 Å². The molecule has 5 heteroatoms. The first-order chi connectivity index (χ1) is 7.78. The van der Waals surface area contributed by atoms with Gasteiger partial charge >= 0.3 is 0 Å². The highest BCUT2D eigenvalue weighted by atomic mass is 35.5. The van der Waals surface area contributed by atoms with E-state index in [4.69, 9.17) is 10.5 Å². The maximum absolute atomic E-state index is 12.7. The van der Waals surface area contributed by atoms with E-state index in [2.05, 4.69) is 4.90 Å². The maximum Gasteiger partial charge on any atom is 0.123 e. The van der Waals surface area contributed by atoms with Gasteiger partial charge in [0.2, 0.25) is 0 Å². The van der Waals surface area contributed by atoms with Gasteiger partial charge in [0.05, 0.1) is 12.7 Å². The molecule has 0 bridgehead atoms. The van der Waals surface area contributed by atoms with E-state index in [1.165, 1.54) is 12.1 Å². The van der Waals surface area contributed by atoms with Crippen molar-refractivity contribution in [3.8, 4) is 0 Å². The molecule has 1 aromatic carbocycles. The van der Waals surface area contributed by atoms with Crippen molar-refractivity contribution in [2.45, 2.75) is 12.6 Å². The summed E-state index contributed by atoms with van der Waals surface area (Å²) in [5, 5.41) is 0. The summed E-state index contributed by atoms with van der Waals surface area (Å²) in [6, 6.07) is 6.64. The highest BCUT2D eigenvalue weighted by Crippen LogP contribution is 2.10. The number of rotatable bonds is 3. The molecule has 1 fully saturated rings. The molecule has 1 atom stereocenters. The molecule has 1 unspecified atom stereocenters. The van der Waals surface area contributed by atoms with Crippen LogP contribution in [0.2, 0.25) is 0 Å². The normalized spacial score (nSPS) is 20.9. The Hall–Kier alpha value is -0.680. The number of nitrogens with zero attached hydrogens (tertiary/aromatic N) is 1. The summed E-state index contributed by atoms with van der Waals surface area (Å²) in [4.78, 5) is 2.29. The average molecular weight is 261 g/mol. The molecule has 1 aromatic rings. The third-order valence-electron chi connectivity index (χ3n) is 2.81. The highest BCUT2D eigenvalue weighted by Gasteiger charge is 2.18. The zero-order valence-electron chi connectivity index (χ0n) is 9.64. The first-order valence-electron chi connectivity index (χ1n) is 5.56. The summed E-state index contributed by atoms with van der Waals surface area (Å²) in [6.45, 7) is 3.88. The van der Waals surface area contributed by atoms with Crippen molar-refractivity contribution in [1.82, 2.24) is 4.90 Å². The molecule has 0 radical (unpaired) electrons. The summed E-state index contributed by atoms with van der Waals surface area (Å²) in [5.41, 5.74) is 6.70. The molecule has 0 aromatic heterocycles. The lowest BCUT2D eigenvalue weighted by molar-refractivity contribution is -0.0260. The topological polar surface area (TPSA) is 38.5 Å². The van der Waals surface area contributed by atoms with Gasteiger partial charge in [-0.2, -0.15) is 0 Å². The van der Waals surface area contributed by atoms with E-state index in [-0.39, 0.29) is 24.3 Å². The van der Waals surface area contributed by atoms with E-state index in [1.54, 1.807) is 0 Å². The largest absolute Gasteiger partial charge is 0.374 e. The van der Waals surface area contributed by atoms with Crippen LogP contribution in [0.5, 0.6) is 0 Å². The highest BCUT2D eigenvalue weighted by molar-refractivity contribution is 5.85. The predicted molar refractivity (Wildman–Crippen MR) is 67.7 cm³/mol. The summed E-state index contributed by atoms with van der Waals surface area (Å²) in [5.74, 6) is -0.189. The number of morpholine rings is 1. The van der Waals surface area contributed by atoms with E-state index >= 15 is 0 Å². The van der Waals surface area contributed by atoms with Crippen molar-refractivity contribution in [1.29, 1.82) is 0 Å². The Labute approximate surface area is 107 Å². The van der Waals surface area contributed by atoms with E-state index in [0.717, 1.165) is 31.8 Å². The van der Waals surface area contributed by atoms with Gasteiger partial charge < -0.3 is 10.5 Å². The van der Waals surface area contributed by atoms with Crippen LogP contribution in [-0.2, 0) is 11.3 Å². The molecule has 0 spiro atoms. The van der Waals surface area contributed by atoms with Gasteiger partial charge in [-0.1, -0.05) is 12.1 Å². The van der Waals surface area contributed by atoms with Crippen LogP contribution in [0, 0.1) is 5.82 Å². The minimum Gasteiger partial charge on any atom is -0.374 e. The molecule has 0 amide bonds. The van der Waals surface area contributed by atoms with Gasteiger partial charge in [0.1, 0.15) is 5.82 Å². The Balaban J connectivity index is 0.00000144. The Morgan fingerprint density at radius 2 is 2.06 bits per heavy atom. The SMILES string of the molecule is Cl.NCC1CN(Cc2ccc(F)cc2)CCO1. The number of ether oxygens (including phenoxy) is 1. The predicted octanol–water partition coefficient (Wildman–Crippen LogP) is 1.41. The van der Waals surface area contributed by atoms with Gasteiger partial charge in [-0.3, -0.25) is 4.90 Å². The number of hydrogen-bond donors (Lipinski definition) is 1. The van der Waals surface area contributed by atoms with Crippen LogP contribution in [0.4, 0.5) is 4.39 Å². The molecule has 0 saturated carbocycles. The molecule has 96 valence electrons. The van der Waals surface area contributed by atoms with Crippen LogP contribution in [0.1, 0.15) is 5.56 Å². The van der Waals surface area contributed by atoms with Crippen molar-refractivity contribution in [3.63, 3.8) is 0 Å². The first-order valence-corrected chi connectivity index (χ1v) is 5.56. The quantitative estimate of drug-likeness (QED) is 0.893. The zero-order chi connectivity index (χ0) is 11.4. The number of halogens is 2. The van der Waals surface area contributed by atoms with E-state index < -0.39 is 0 Å². The monoisotopic (exact) mass is 260 g/mol. The second-order valence-electron chi connectivity index (χ2n) is 4.09. The fourth-order valence-electron chi connectivity index (χ4n) is 1.91. The lowest BCUT2D eigenvalue weighted by Gasteiger charge is -2.32.